The van der Waals surface area contributed by atoms with E-state index in [1.54, 1.807) is 23.1 Å². The Hall–Kier alpha value is -5.24. The van der Waals surface area contributed by atoms with Crippen LogP contribution in [0.2, 0.25) is 0 Å². The molecule has 3 heterocycles. The van der Waals surface area contributed by atoms with E-state index >= 15 is 0 Å². The zero-order valence-electron chi connectivity index (χ0n) is 24.8. The lowest BCUT2D eigenvalue weighted by molar-refractivity contribution is -0.128. The Labute approximate surface area is 250 Å². The minimum atomic E-state index is -0.346. The number of piperidine rings is 1. The molecule has 4 aromatic rings. The predicted molar refractivity (Wildman–Crippen MR) is 168 cm³/mol. The molecule has 1 aliphatic rings. The maximum Gasteiger partial charge on any atom is 0.323 e. The first-order valence-electron chi connectivity index (χ1n) is 14.2. The van der Waals surface area contributed by atoms with Gasteiger partial charge in [-0.15, -0.1) is 0 Å². The molecule has 1 saturated heterocycles. The summed E-state index contributed by atoms with van der Waals surface area (Å²) in [6, 6.07) is 14.4. The number of carbonyl (C=O) groups excluding carboxylic acids is 2. The third kappa shape index (κ3) is 6.64. The fourth-order valence-electron chi connectivity index (χ4n) is 5.23. The van der Waals surface area contributed by atoms with Crippen LogP contribution >= 0.6 is 0 Å². The predicted octanol–water partition coefficient (Wildman–Crippen LogP) is 6.04. The average Bonchev–Trinajstić information content (AvgIpc) is 3.36. The van der Waals surface area contributed by atoms with Crippen LogP contribution in [0.25, 0.3) is 27.1 Å². The lowest BCUT2D eigenvalue weighted by Crippen LogP contribution is -2.41. The van der Waals surface area contributed by atoms with E-state index in [0.717, 1.165) is 24.0 Å². The number of amides is 3. The summed E-state index contributed by atoms with van der Waals surface area (Å²) >= 11 is 0. The molecule has 0 radical (unpaired) electrons. The van der Waals surface area contributed by atoms with Crippen molar-refractivity contribution < 1.29 is 9.59 Å². The van der Waals surface area contributed by atoms with E-state index in [2.05, 4.69) is 25.4 Å². The van der Waals surface area contributed by atoms with Crippen molar-refractivity contribution in [3.63, 3.8) is 0 Å². The maximum atomic E-state index is 13.3. The van der Waals surface area contributed by atoms with Crippen LogP contribution in [-0.2, 0) is 4.79 Å². The fourth-order valence-corrected chi connectivity index (χ4v) is 5.23. The number of allylic oxidation sites excluding steroid dienone is 1. The van der Waals surface area contributed by atoms with Crippen LogP contribution in [0.3, 0.4) is 0 Å². The van der Waals surface area contributed by atoms with Crippen LogP contribution in [0.1, 0.15) is 45.2 Å². The summed E-state index contributed by atoms with van der Waals surface area (Å²) in [4.78, 5) is 39.8. The molecule has 1 atom stereocenters. The first kappa shape index (κ1) is 29.3. The normalized spacial score (nSPS) is 15.7. The van der Waals surface area contributed by atoms with Gasteiger partial charge in [-0.3, -0.25) is 4.79 Å². The maximum absolute atomic E-state index is 13.3. The van der Waals surface area contributed by atoms with E-state index in [-0.39, 0.29) is 29.1 Å². The summed E-state index contributed by atoms with van der Waals surface area (Å²) in [7, 11) is 0. The number of aromatic nitrogens is 4. The van der Waals surface area contributed by atoms with E-state index < -0.39 is 0 Å². The van der Waals surface area contributed by atoms with Crippen molar-refractivity contribution in [3.05, 3.63) is 83.6 Å². The molecule has 2 aromatic heterocycles. The van der Waals surface area contributed by atoms with E-state index in [0.29, 0.717) is 47.0 Å². The summed E-state index contributed by atoms with van der Waals surface area (Å²) in [5, 5.41) is 11.2. The van der Waals surface area contributed by atoms with Crippen molar-refractivity contribution in [1.29, 1.82) is 0 Å². The minimum absolute atomic E-state index is 0.131. The molecular weight excluding hydrogens is 542 g/mol. The number of fused-ring (bicyclic) bond motifs is 1. The third-order valence-corrected chi connectivity index (χ3v) is 7.15. The number of hydrogen-bond acceptors (Lipinski definition) is 6. The van der Waals surface area contributed by atoms with E-state index in [1.165, 1.54) is 6.33 Å². The molecule has 0 unspecified atom stereocenters. The number of anilines is 3. The second-order valence-corrected chi connectivity index (χ2v) is 11.8. The highest BCUT2D eigenvalue weighted by Gasteiger charge is 2.30. The van der Waals surface area contributed by atoms with E-state index in [9.17, 15) is 9.59 Å². The Bertz CT molecular complexity index is 1740. The van der Waals surface area contributed by atoms with Gasteiger partial charge in [0.1, 0.15) is 17.8 Å². The van der Waals surface area contributed by atoms with Crippen LogP contribution in [0.15, 0.2) is 66.6 Å². The van der Waals surface area contributed by atoms with Gasteiger partial charge in [-0.2, -0.15) is 5.10 Å². The van der Waals surface area contributed by atoms with E-state index in [1.807, 2.05) is 68.8 Å². The number of carbonyl (C=O) groups is 2. The molecule has 220 valence electrons. The largest absolute Gasteiger partial charge is 0.383 e. The highest BCUT2D eigenvalue weighted by atomic mass is 16.2. The average molecular weight is 578 g/mol. The van der Waals surface area contributed by atoms with Crippen molar-refractivity contribution in [2.45, 2.75) is 46.6 Å². The highest BCUT2D eigenvalue weighted by molar-refractivity contribution is 6.01. The summed E-state index contributed by atoms with van der Waals surface area (Å²) in [6.45, 7) is 16.4. The fraction of sp³-hybridized carbons (Fsp3) is 0.312. The first-order chi connectivity index (χ1) is 20.5. The van der Waals surface area contributed by atoms with Crippen molar-refractivity contribution in [3.8, 4) is 11.3 Å². The summed E-state index contributed by atoms with van der Waals surface area (Å²) in [6.07, 6.45) is 4.69. The smallest absolute Gasteiger partial charge is 0.323 e. The number of aryl methyl sites for hydroxylation is 1. The molecule has 2 aromatic carbocycles. The molecule has 0 saturated carbocycles. The van der Waals surface area contributed by atoms with Gasteiger partial charge in [-0.1, -0.05) is 51.1 Å². The second kappa shape index (κ2) is 11.9. The molecule has 5 rings (SSSR count). The Morgan fingerprint density at radius 2 is 1.84 bits per heavy atom. The van der Waals surface area contributed by atoms with Crippen molar-refractivity contribution >= 4 is 40.2 Å². The Kier molecular flexibility index (Phi) is 8.12. The Morgan fingerprint density at radius 1 is 1.09 bits per heavy atom. The summed E-state index contributed by atoms with van der Waals surface area (Å²) in [5.74, 6) is 0.0353. The number of benzene rings is 2. The van der Waals surface area contributed by atoms with Gasteiger partial charge in [0, 0.05) is 30.0 Å². The van der Waals surface area contributed by atoms with Crippen molar-refractivity contribution in [1.82, 2.24) is 24.6 Å². The van der Waals surface area contributed by atoms with Gasteiger partial charge in [0.15, 0.2) is 5.65 Å². The topological polar surface area (TPSA) is 135 Å². The molecule has 0 aliphatic carbocycles. The number of nitrogens with two attached hydrogens (primary N) is 1. The molecule has 0 spiro atoms. The van der Waals surface area contributed by atoms with E-state index in [4.69, 9.17) is 17.4 Å². The SMILES string of the molecule is [C-]#[N+]/C(=C\C(C)(C)C)C(=O)N1CCC[C@@H](n2nc(-c3ccc(NC(=O)Nc4cccc(C)c4)cc3)c3c(N)ncnc32)C1. The number of nitrogens with zero attached hydrogens (tertiary/aromatic N) is 6. The number of urea groups is 1. The lowest BCUT2D eigenvalue weighted by atomic mass is 9.95. The number of nitrogens with one attached hydrogen (secondary N) is 2. The van der Waals surface area contributed by atoms with Gasteiger partial charge in [-0.05, 0) is 55.0 Å². The van der Waals surface area contributed by atoms with Gasteiger partial charge < -0.3 is 21.3 Å². The molecule has 11 nitrogen and oxygen atoms in total. The van der Waals surface area contributed by atoms with Crippen molar-refractivity contribution in [2.24, 2.45) is 5.41 Å². The van der Waals surface area contributed by atoms with Crippen LogP contribution in [0, 0.1) is 18.9 Å². The molecular formula is C32H35N9O2. The van der Waals surface area contributed by atoms with Gasteiger partial charge in [-0.25, -0.2) is 24.3 Å². The van der Waals surface area contributed by atoms with Crippen LogP contribution in [0.5, 0.6) is 0 Å². The van der Waals surface area contributed by atoms with Gasteiger partial charge in [0.2, 0.25) is 5.70 Å². The van der Waals surface area contributed by atoms with Crippen LogP contribution < -0.4 is 16.4 Å². The number of likely N-dealkylation sites (tertiary alicyclic amines) is 1. The molecule has 1 fully saturated rings. The molecule has 3 amide bonds. The van der Waals surface area contributed by atoms with Crippen LogP contribution in [-0.4, -0.2) is 49.7 Å². The van der Waals surface area contributed by atoms with Gasteiger partial charge in [0.05, 0.1) is 18.0 Å². The molecule has 4 N–H and O–H groups in total. The number of hydrogen-bond donors (Lipinski definition) is 3. The number of rotatable bonds is 5. The zero-order chi connectivity index (χ0) is 30.7. The monoisotopic (exact) mass is 577 g/mol. The number of nitrogen functional groups attached to an aromatic ring is 1. The Balaban J connectivity index is 1.39. The van der Waals surface area contributed by atoms with Crippen molar-refractivity contribution in [2.75, 3.05) is 29.5 Å². The molecule has 43 heavy (non-hydrogen) atoms. The minimum Gasteiger partial charge on any atom is -0.383 e. The Morgan fingerprint density at radius 3 is 2.53 bits per heavy atom. The zero-order valence-corrected chi connectivity index (χ0v) is 24.8. The second-order valence-electron chi connectivity index (χ2n) is 11.8. The standard InChI is InChI=1S/C32H35N9O2/c1-20-8-6-9-23(16-20)38-31(43)37-22-13-11-21(12-14-22)27-26-28(33)35-19-36-29(26)41(39-27)24-10-7-15-40(18-24)30(42)25(34-5)17-32(2,3)4/h6,8-9,11-14,16-17,19,24H,7,10,15,18H2,1-4H3,(H2,33,35,36)(H2,37,38,43)/b25-17-/t24-/m1/s1. The van der Waals surface area contributed by atoms with Crippen LogP contribution in [0.4, 0.5) is 22.0 Å². The lowest BCUT2D eigenvalue weighted by Gasteiger charge is -2.33. The third-order valence-electron chi connectivity index (χ3n) is 7.15. The molecule has 1 aliphatic heterocycles. The summed E-state index contributed by atoms with van der Waals surface area (Å²) < 4.78 is 1.83. The molecule has 11 heteroatoms. The quantitative estimate of drug-likeness (QED) is 0.195. The van der Waals surface area contributed by atoms with Gasteiger partial charge >= 0.3 is 6.03 Å². The molecule has 0 bridgehead atoms. The highest BCUT2D eigenvalue weighted by Crippen LogP contribution is 2.34. The first-order valence-corrected chi connectivity index (χ1v) is 14.2. The summed E-state index contributed by atoms with van der Waals surface area (Å²) in [5.41, 5.74) is 10.5. The van der Waals surface area contributed by atoms with Gasteiger partial charge in [0.25, 0.3) is 5.91 Å².